The molecule has 2 aromatic rings. The second-order valence-electron chi connectivity index (χ2n) is 4.70. The van der Waals surface area contributed by atoms with Gasteiger partial charge in [0.2, 0.25) is 0 Å². The number of halogens is 1. The number of carbonyl (C=O) groups excluding carboxylic acids is 2. The van der Waals surface area contributed by atoms with Crippen molar-refractivity contribution in [3.05, 3.63) is 64.2 Å². The SMILES string of the molecule is Cc1ccc(OCC(=O)NN)c(C(=O)c2cccc(Cl)c2)c1. The van der Waals surface area contributed by atoms with Crippen molar-refractivity contribution >= 4 is 23.3 Å². The summed E-state index contributed by atoms with van der Waals surface area (Å²) >= 11 is 5.92. The first-order valence-electron chi connectivity index (χ1n) is 6.54. The van der Waals surface area contributed by atoms with E-state index in [1.165, 1.54) is 0 Å². The van der Waals surface area contributed by atoms with E-state index in [0.717, 1.165) is 5.56 Å². The minimum absolute atomic E-state index is 0.227. The molecule has 0 aliphatic heterocycles. The van der Waals surface area contributed by atoms with Crippen molar-refractivity contribution in [2.45, 2.75) is 6.92 Å². The predicted octanol–water partition coefficient (Wildman–Crippen LogP) is 2.25. The Morgan fingerprint density at radius 2 is 2.00 bits per heavy atom. The van der Waals surface area contributed by atoms with Crippen LogP contribution in [0.3, 0.4) is 0 Å². The molecule has 0 radical (unpaired) electrons. The van der Waals surface area contributed by atoms with Crippen LogP contribution in [-0.2, 0) is 4.79 Å². The normalized spacial score (nSPS) is 10.1. The van der Waals surface area contributed by atoms with E-state index in [2.05, 4.69) is 0 Å². The lowest BCUT2D eigenvalue weighted by Gasteiger charge is -2.11. The first-order valence-corrected chi connectivity index (χ1v) is 6.92. The summed E-state index contributed by atoms with van der Waals surface area (Å²) in [5.74, 6) is 4.61. The third kappa shape index (κ3) is 3.84. The molecular weight excluding hydrogens is 304 g/mol. The van der Waals surface area contributed by atoms with E-state index in [9.17, 15) is 9.59 Å². The number of ketones is 1. The molecule has 0 aliphatic carbocycles. The second-order valence-corrected chi connectivity index (χ2v) is 5.13. The summed E-state index contributed by atoms with van der Waals surface area (Å²) in [6.07, 6.45) is 0. The third-order valence-electron chi connectivity index (χ3n) is 2.99. The molecule has 0 heterocycles. The summed E-state index contributed by atoms with van der Waals surface area (Å²) in [5, 5.41) is 0.475. The van der Waals surface area contributed by atoms with Crippen molar-refractivity contribution in [1.82, 2.24) is 5.43 Å². The lowest BCUT2D eigenvalue weighted by molar-refractivity contribution is -0.123. The van der Waals surface area contributed by atoms with Gasteiger partial charge < -0.3 is 4.74 Å². The van der Waals surface area contributed by atoms with E-state index in [0.29, 0.717) is 21.9 Å². The molecule has 114 valence electrons. The Kier molecular flexibility index (Phi) is 5.14. The number of ether oxygens (including phenoxy) is 1. The molecule has 2 rings (SSSR count). The summed E-state index contributed by atoms with van der Waals surface area (Å²) in [6.45, 7) is 1.60. The van der Waals surface area contributed by atoms with Crippen LogP contribution >= 0.6 is 11.6 Å². The van der Waals surface area contributed by atoms with E-state index >= 15 is 0 Å². The maximum absolute atomic E-state index is 12.6. The van der Waals surface area contributed by atoms with Gasteiger partial charge in [-0.25, -0.2) is 5.84 Å². The van der Waals surface area contributed by atoms with Gasteiger partial charge >= 0.3 is 0 Å². The number of carbonyl (C=O) groups is 2. The van der Waals surface area contributed by atoms with Crippen LogP contribution in [0.5, 0.6) is 5.75 Å². The molecule has 5 nitrogen and oxygen atoms in total. The number of hydrazine groups is 1. The van der Waals surface area contributed by atoms with Crippen LogP contribution in [0.2, 0.25) is 5.02 Å². The molecule has 0 saturated carbocycles. The maximum atomic E-state index is 12.6. The number of amides is 1. The standard InChI is InChI=1S/C16H15ClN2O3/c1-10-5-6-14(22-9-15(20)19-18)13(7-10)16(21)11-3-2-4-12(17)8-11/h2-8H,9,18H2,1H3,(H,19,20). The minimum atomic E-state index is -0.485. The van der Waals surface area contributed by atoms with Gasteiger partial charge in [-0.05, 0) is 31.2 Å². The highest BCUT2D eigenvalue weighted by atomic mass is 35.5. The van der Waals surface area contributed by atoms with E-state index in [-0.39, 0.29) is 12.4 Å². The van der Waals surface area contributed by atoms with Crippen LogP contribution in [0, 0.1) is 6.92 Å². The maximum Gasteiger partial charge on any atom is 0.271 e. The fourth-order valence-corrected chi connectivity index (χ4v) is 2.11. The Morgan fingerprint density at radius 3 is 2.68 bits per heavy atom. The summed E-state index contributed by atoms with van der Waals surface area (Å²) in [7, 11) is 0. The van der Waals surface area contributed by atoms with Gasteiger partial charge in [-0.15, -0.1) is 0 Å². The van der Waals surface area contributed by atoms with Crippen molar-refractivity contribution in [2.75, 3.05) is 6.61 Å². The quantitative estimate of drug-likeness (QED) is 0.383. The summed E-state index contributed by atoms with van der Waals surface area (Å²) in [5.41, 5.74) is 3.69. The summed E-state index contributed by atoms with van der Waals surface area (Å²) < 4.78 is 5.37. The molecule has 0 aromatic heterocycles. The zero-order valence-corrected chi connectivity index (χ0v) is 12.7. The number of rotatable bonds is 5. The molecule has 0 atom stereocenters. The van der Waals surface area contributed by atoms with Crippen LogP contribution < -0.4 is 16.0 Å². The Hall–Kier alpha value is -2.37. The zero-order valence-electron chi connectivity index (χ0n) is 11.9. The fourth-order valence-electron chi connectivity index (χ4n) is 1.92. The number of hydrogen-bond acceptors (Lipinski definition) is 4. The second kappa shape index (κ2) is 7.06. The molecule has 22 heavy (non-hydrogen) atoms. The van der Waals surface area contributed by atoms with Crippen molar-refractivity contribution in [2.24, 2.45) is 5.84 Å². The Morgan fingerprint density at radius 1 is 1.23 bits per heavy atom. The average molecular weight is 319 g/mol. The van der Waals surface area contributed by atoms with Gasteiger partial charge in [0.15, 0.2) is 12.4 Å². The molecule has 0 saturated heterocycles. The van der Waals surface area contributed by atoms with Crippen molar-refractivity contribution in [3.63, 3.8) is 0 Å². The molecule has 6 heteroatoms. The van der Waals surface area contributed by atoms with Gasteiger partial charge in [0.1, 0.15) is 5.75 Å². The van der Waals surface area contributed by atoms with Crippen LogP contribution in [0.15, 0.2) is 42.5 Å². The van der Waals surface area contributed by atoms with Gasteiger partial charge in [-0.1, -0.05) is 35.4 Å². The topological polar surface area (TPSA) is 81.4 Å². The highest BCUT2D eigenvalue weighted by molar-refractivity contribution is 6.31. The highest BCUT2D eigenvalue weighted by Gasteiger charge is 2.16. The Labute approximate surface area is 133 Å². The van der Waals surface area contributed by atoms with Gasteiger partial charge in [0.05, 0.1) is 5.56 Å². The molecule has 3 N–H and O–H groups in total. The lowest BCUT2D eigenvalue weighted by atomic mass is 10.0. The number of benzene rings is 2. The van der Waals surface area contributed by atoms with E-state index in [1.54, 1.807) is 42.5 Å². The van der Waals surface area contributed by atoms with Crippen molar-refractivity contribution < 1.29 is 14.3 Å². The molecular formula is C16H15ClN2O3. The van der Waals surface area contributed by atoms with Gasteiger partial charge in [-0.3, -0.25) is 15.0 Å². The first-order chi connectivity index (χ1) is 10.5. The number of nitrogens with one attached hydrogen (secondary N) is 1. The number of aryl methyl sites for hydroxylation is 1. The Bertz CT molecular complexity index is 716. The summed E-state index contributed by atoms with van der Waals surface area (Å²) in [4.78, 5) is 23.8. The van der Waals surface area contributed by atoms with Gasteiger partial charge in [0.25, 0.3) is 5.91 Å². The largest absolute Gasteiger partial charge is 0.483 e. The highest BCUT2D eigenvalue weighted by Crippen LogP contribution is 2.24. The van der Waals surface area contributed by atoms with Gasteiger partial charge in [0, 0.05) is 10.6 Å². The number of nitrogens with two attached hydrogens (primary N) is 1. The Balaban J connectivity index is 2.34. The molecule has 0 bridgehead atoms. The third-order valence-corrected chi connectivity index (χ3v) is 3.22. The molecule has 0 aliphatic rings. The van der Waals surface area contributed by atoms with Crippen LogP contribution in [0.1, 0.15) is 21.5 Å². The van der Waals surface area contributed by atoms with E-state index < -0.39 is 5.91 Å². The van der Waals surface area contributed by atoms with Crippen molar-refractivity contribution in [1.29, 1.82) is 0 Å². The first kappa shape index (κ1) is 16.0. The minimum Gasteiger partial charge on any atom is -0.483 e. The number of hydrogen-bond donors (Lipinski definition) is 2. The fraction of sp³-hybridized carbons (Fsp3) is 0.125. The van der Waals surface area contributed by atoms with Crippen LogP contribution in [0.4, 0.5) is 0 Å². The molecule has 0 unspecified atom stereocenters. The van der Waals surface area contributed by atoms with Crippen molar-refractivity contribution in [3.8, 4) is 5.75 Å². The molecule has 0 spiro atoms. The average Bonchev–Trinajstić information content (AvgIpc) is 2.52. The molecule has 1 amide bonds. The summed E-state index contributed by atoms with van der Waals surface area (Å²) in [6, 6.07) is 11.8. The van der Waals surface area contributed by atoms with Crippen LogP contribution in [0.25, 0.3) is 0 Å². The van der Waals surface area contributed by atoms with Gasteiger partial charge in [-0.2, -0.15) is 0 Å². The van der Waals surface area contributed by atoms with Crippen LogP contribution in [-0.4, -0.2) is 18.3 Å². The zero-order chi connectivity index (χ0) is 16.1. The molecule has 2 aromatic carbocycles. The monoisotopic (exact) mass is 318 g/mol. The van der Waals surface area contributed by atoms with E-state index in [1.807, 2.05) is 12.3 Å². The smallest absolute Gasteiger partial charge is 0.271 e. The lowest BCUT2D eigenvalue weighted by Crippen LogP contribution is -2.34. The van der Waals surface area contributed by atoms with E-state index in [4.69, 9.17) is 22.2 Å². The predicted molar refractivity (Wildman–Crippen MR) is 83.9 cm³/mol. The molecule has 0 fully saturated rings.